The van der Waals surface area contributed by atoms with Crippen molar-refractivity contribution in [3.05, 3.63) is 41.5 Å². The van der Waals surface area contributed by atoms with Gasteiger partial charge in [0, 0.05) is 16.8 Å². The van der Waals surface area contributed by atoms with Crippen molar-refractivity contribution < 1.29 is 9.59 Å². The molecule has 0 spiro atoms. The van der Waals surface area contributed by atoms with Crippen molar-refractivity contribution in [2.45, 2.75) is 58.4 Å². The number of nitrogens with one attached hydrogen (secondary N) is 3. The fourth-order valence-corrected chi connectivity index (χ4v) is 2.94. The van der Waals surface area contributed by atoms with Crippen molar-refractivity contribution in [1.29, 1.82) is 0 Å². The molecule has 1 aliphatic rings. The summed E-state index contributed by atoms with van der Waals surface area (Å²) < 4.78 is 0. The molecule has 142 valence electrons. The molecule has 0 unspecified atom stereocenters. The smallest absolute Gasteiger partial charge is 0.251 e. The number of hydrogen-bond acceptors (Lipinski definition) is 3. The lowest BCUT2D eigenvalue weighted by molar-refractivity contribution is -0.115. The van der Waals surface area contributed by atoms with Crippen molar-refractivity contribution in [2.24, 2.45) is 0 Å². The van der Waals surface area contributed by atoms with Gasteiger partial charge in [0.2, 0.25) is 5.91 Å². The summed E-state index contributed by atoms with van der Waals surface area (Å²) in [6, 6.07) is 7.01. The summed E-state index contributed by atoms with van der Waals surface area (Å²) in [6.45, 7) is 6.89. The van der Waals surface area contributed by atoms with Crippen molar-refractivity contribution >= 4 is 17.5 Å². The van der Waals surface area contributed by atoms with E-state index in [0.717, 1.165) is 13.0 Å². The molecule has 0 radical (unpaired) electrons. The topological polar surface area (TPSA) is 70.2 Å². The fraction of sp³-hybridized carbons (Fsp3) is 0.524. The highest BCUT2D eigenvalue weighted by Crippen LogP contribution is 2.19. The first kappa shape index (κ1) is 20.2. The molecule has 26 heavy (non-hydrogen) atoms. The average Bonchev–Trinajstić information content (AvgIpc) is 2.58. The fourth-order valence-electron chi connectivity index (χ4n) is 2.94. The highest BCUT2D eigenvalue weighted by Gasteiger charge is 2.15. The molecule has 1 aromatic rings. The summed E-state index contributed by atoms with van der Waals surface area (Å²) in [5.74, 6) is -0.247. The summed E-state index contributed by atoms with van der Waals surface area (Å²) in [5, 5.41) is 8.95. The number of allylic oxidation sites excluding steroid dienone is 1. The Labute approximate surface area is 156 Å². The minimum absolute atomic E-state index is 0.101. The number of rotatable bonds is 7. The summed E-state index contributed by atoms with van der Waals surface area (Å²) in [5.41, 5.74) is 2.37. The van der Waals surface area contributed by atoms with Gasteiger partial charge >= 0.3 is 0 Å². The van der Waals surface area contributed by atoms with Crippen LogP contribution < -0.4 is 16.0 Å². The van der Waals surface area contributed by atoms with E-state index in [4.69, 9.17) is 0 Å². The summed E-state index contributed by atoms with van der Waals surface area (Å²) in [4.78, 5) is 24.3. The molecule has 5 heteroatoms. The maximum atomic E-state index is 12.2. The van der Waals surface area contributed by atoms with Gasteiger partial charge in [0.1, 0.15) is 0 Å². The molecular formula is C21H31N3O2. The Morgan fingerprint density at radius 3 is 2.65 bits per heavy atom. The molecule has 1 aliphatic carbocycles. The van der Waals surface area contributed by atoms with Crippen LogP contribution in [0.25, 0.3) is 0 Å². The van der Waals surface area contributed by atoms with Gasteiger partial charge in [-0.2, -0.15) is 0 Å². The van der Waals surface area contributed by atoms with Gasteiger partial charge in [0.25, 0.3) is 5.91 Å². The van der Waals surface area contributed by atoms with E-state index in [2.05, 4.69) is 22.0 Å². The van der Waals surface area contributed by atoms with Gasteiger partial charge in [-0.15, -0.1) is 0 Å². The lowest BCUT2D eigenvalue weighted by atomic mass is 9.97. The van der Waals surface area contributed by atoms with Gasteiger partial charge < -0.3 is 16.0 Å². The number of anilines is 1. The Morgan fingerprint density at radius 2 is 1.96 bits per heavy atom. The quantitative estimate of drug-likeness (QED) is 0.515. The van der Waals surface area contributed by atoms with Crippen LogP contribution in [0.5, 0.6) is 0 Å². The third-order valence-corrected chi connectivity index (χ3v) is 4.19. The molecule has 1 aromatic carbocycles. The lowest BCUT2D eigenvalue weighted by Crippen LogP contribution is -2.40. The monoisotopic (exact) mass is 357 g/mol. The molecule has 2 amide bonds. The normalized spacial score (nSPS) is 14.5. The molecule has 2 rings (SSSR count). The molecule has 0 saturated heterocycles. The third-order valence-electron chi connectivity index (χ3n) is 4.19. The Kier molecular flexibility index (Phi) is 7.39. The van der Waals surface area contributed by atoms with Crippen molar-refractivity contribution in [3.8, 4) is 0 Å². The SMILES string of the molecule is CC(C)(C)NC(=O)c1cccc(NC(=O)CNCCC2=CCCCC2)c1. The summed E-state index contributed by atoms with van der Waals surface area (Å²) in [7, 11) is 0. The second-order valence-corrected chi connectivity index (χ2v) is 7.87. The van der Waals surface area contributed by atoms with Crippen molar-refractivity contribution in [3.63, 3.8) is 0 Å². The second-order valence-electron chi connectivity index (χ2n) is 7.87. The van der Waals surface area contributed by atoms with Gasteiger partial charge in [0.05, 0.1) is 6.54 Å². The lowest BCUT2D eigenvalue weighted by Gasteiger charge is -2.20. The average molecular weight is 357 g/mol. The minimum Gasteiger partial charge on any atom is -0.347 e. The van der Waals surface area contributed by atoms with Crippen LogP contribution in [0.15, 0.2) is 35.9 Å². The van der Waals surface area contributed by atoms with Gasteiger partial charge in [-0.25, -0.2) is 0 Å². The standard InChI is InChI=1S/C21H31N3O2/c1-21(2,3)24-20(26)17-10-7-11-18(14-17)23-19(25)15-22-13-12-16-8-5-4-6-9-16/h7-8,10-11,14,22H,4-6,9,12-13,15H2,1-3H3,(H,23,25)(H,24,26). The van der Waals surface area contributed by atoms with E-state index >= 15 is 0 Å². The van der Waals surface area contributed by atoms with Crippen molar-refractivity contribution in [2.75, 3.05) is 18.4 Å². The van der Waals surface area contributed by atoms with Crippen LogP contribution in [0.3, 0.4) is 0 Å². The van der Waals surface area contributed by atoms with E-state index in [-0.39, 0.29) is 23.9 Å². The van der Waals surface area contributed by atoms with E-state index < -0.39 is 0 Å². The Hall–Kier alpha value is -2.14. The van der Waals surface area contributed by atoms with Gasteiger partial charge in [-0.1, -0.05) is 17.7 Å². The number of carbonyl (C=O) groups is 2. The van der Waals surface area contributed by atoms with Crippen LogP contribution in [0.1, 0.15) is 63.2 Å². The third kappa shape index (κ3) is 7.40. The zero-order chi connectivity index (χ0) is 19.0. The molecule has 0 aliphatic heterocycles. The molecule has 0 atom stereocenters. The van der Waals surface area contributed by atoms with Crippen LogP contribution in [0.4, 0.5) is 5.69 Å². The summed E-state index contributed by atoms with van der Waals surface area (Å²) >= 11 is 0. The Bertz CT molecular complexity index is 659. The highest BCUT2D eigenvalue weighted by atomic mass is 16.2. The van der Waals surface area contributed by atoms with E-state index in [9.17, 15) is 9.59 Å². The van der Waals surface area contributed by atoms with Gasteiger partial charge in [0.15, 0.2) is 0 Å². The number of carbonyl (C=O) groups excluding carboxylic acids is 2. The second kappa shape index (κ2) is 9.53. The maximum absolute atomic E-state index is 12.2. The van der Waals surface area contributed by atoms with E-state index in [1.165, 1.54) is 31.3 Å². The van der Waals surface area contributed by atoms with Crippen LogP contribution in [-0.4, -0.2) is 30.4 Å². The molecule has 0 aromatic heterocycles. The van der Waals surface area contributed by atoms with Gasteiger partial charge in [-0.3, -0.25) is 9.59 Å². The van der Waals surface area contributed by atoms with Gasteiger partial charge in [-0.05, 0) is 77.6 Å². The van der Waals surface area contributed by atoms with E-state index in [1.54, 1.807) is 24.3 Å². The maximum Gasteiger partial charge on any atom is 0.251 e. The zero-order valence-electron chi connectivity index (χ0n) is 16.2. The van der Waals surface area contributed by atoms with Crippen molar-refractivity contribution in [1.82, 2.24) is 10.6 Å². The Morgan fingerprint density at radius 1 is 1.15 bits per heavy atom. The van der Waals surface area contributed by atoms with E-state index in [0.29, 0.717) is 11.3 Å². The predicted octanol–water partition coefficient (Wildman–Crippen LogP) is 3.63. The molecule has 0 heterocycles. The molecule has 0 fully saturated rings. The number of benzene rings is 1. The molecule has 5 nitrogen and oxygen atoms in total. The van der Waals surface area contributed by atoms with Crippen LogP contribution >= 0.6 is 0 Å². The van der Waals surface area contributed by atoms with Crippen LogP contribution in [-0.2, 0) is 4.79 Å². The van der Waals surface area contributed by atoms with Crippen LogP contribution in [0.2, 0.25) is 0 Å². The number of amides is 2. The van der Waals surface area contributed by atoms with E-state index in [1.807, 2.05) is 20.8 Å². The molecule has 3 N–H and O–H groups in total. The zero-order valence-corrected chi connectivity index (χ0v) is 16.2. The summed E-state index contributed by atoms with van der Waals surface area (Å²) in [6.07, 6.45) is 8.30. The highest BCUT2D eigenvalue weighted by molar-refractivity contribution is 5.97. The molecule has 0 saturated carbocycles. The molecule has 0 bridgehead atoms. The minimum atomic E-state index is -0.298. The Balaban J connectivity index is 1.77. The first-order valence-electron chi connectivity index (χ1n) is 9.44. The molecular weight excluding hydrogens is 326 g/mol. The van der Waals surface area contributed by atoms with Crippen LogP contribution in [0, 0.1) is 0 Å². The first-order valence-corrected chi connectivity index (χ1v) is 9.44. The predicted molar refractivity (Wildman–Crippen MR) is 106 cm³/mol. The largest absolute Gasteiger partial charge is 0.347 e. The first-order chi connectivity index (χ1) is 12.3. The number of hydrogen-bond donors (Lipinski definition) is 3.